The Morgan fingerprint density at radius 2 is 2.11 bits per heavy atom. The number of aromatic nitrogens is 1. The zero-order chi connectivity index (χ0) is 13.2. The highest BCUT2D eigenvalue weighted by Crippen LogP contribution is 2.27. The van der Waals surface area contributed by atoms with Gasteiger partial charge in [-0.15, -0.1) is 0 Å². The third kappa shape index (κ3) is 2.29. The monoisotopic (exact) mass is 253 g/mol. The number of rotatable bonds is 2. The molecule has 4 heteroatoms. The van der Waals surface area contributed by atoms with Crippen LogP contribution in [-0.4, -0.2) is 17.4 Å². The second-order valence-corrected chi connectivity index (χ2v) is 4.68. The Morgan fingerprint density at radius 1 is 1.26 bits per heavy atom. The lowest BCUT2D eigenvalue weighted by Crippen LogP contribution is -2.30. The van der Waals surface area contributed by atoms with E-state index in [4.69, 9.17) is 5.73 Å². The van der Waals surface area contributed by atoms with Gasteiger partial charge in [-0.2, -0.15) is 0 Å². The maximum absolute atomic E-state index is 12.3. The summed E-state index contributed by atoms with van der Waals surface area (Å²) >= 11 is 0. The Balaban J connectivity index is 1.77. The van der Waals surface area contributed by atoms with Crippen molar-refractivity contribution in [3.63, 3.8) is 0 Å². The highest BCUT2D eigenvalue weighted by atomic mass is 16.2. The predicted octanol–water partition coefficient (Wildman–Crippen LogP) is 1.80. The van der Waals surface area contributed by atoms with Gasteiger partial charge in [0.1, 0.15) is 0 Å². The zero-order valence-electron chi connectivity index (χ0n) is 10.5. The predicted molar refractivity (Wildman–Crippen MR) is 74.9 cm³/mol. The van der Waals surface area contributed by atoms with Crippen LogP contribution in [0.4, 0.5) is 11.4 Å². The molecule has 0 unspecified atom stereocenters. The fraction of sp³-hybridized carbons (Fsp3) is 0.200. The number of anilines is 2. The number of para-hydroxylation sites is 1. The van der Waals surface area contributed by atoms with Gasteiger partial charge in [0.15, 0.2) is 0 Å². The van der Waals surface area contributed by atoms with Crippen LogP contribution < -0.4 is 10.6 Å². The largest absolute Gasteiger partial charge is 0.397 e. The van der Waals surface area contributed by atoms with Gasteiger partial charge in [0, 0.05) is 17.9 Å². The topological polar surface area (TPSA) is 59.2 Å². The smallest absolute Gasteiger partial charge is 0.233 e. The highest BCUT2D eigenvalue weighted by Gasteiger charge is 2.24. The fourth-order valence-corrected chi connectivity index (χ4v) is 2.39. The van der Waals surface area contributed by atoms with Crippen molar-refractivity contribution in [1.82, 2.24) is 4.98 Å². The molecule has 0 spiro atoms. The molecule has 2 N–H and O–H groups in total. The van der Waals surface area contributed by atoms with Gasteiger partial charge >= 0.3 is 0 Å². The van der Waals surface area contributed by atoms with E-state index in [1.165, 1.54) is 5.56 Å². The molecule has 0 saturated carbocycles. The van der Waals surface area contributed by atoms with E-state index >= 15 is 0 Å². The summed E-state index contributed by atoms with van der Waals surface area (Å²) in [6.45, 7) is 0.757. The van der Waals surface area contributed by atoms with Crippen LogP contribution in [0.15, 0.2) is 42.6 Å². The molecule has 0 saturated heterocycles. The summed E-state index contributed by atoms with van der Waals surface area (Å²) in [6.07, 6.45) is 2.83. The number of benzene rings is 1. The summed E-state index contributed by atoms with van der Waals surface area (Å²) < 4.78 is 0. The molecular formula is C15H15N3O. The van der Waals surface area contributed by atoms with Gasteiger partial charge in [-0.05, 0) is 30.2 Å². The van der Waals surface area contributed by atoms with E-state index in [-0.39, 0.29) is 5.91 Å². The quantitative estimate of drug-likeness (QED) is 0.887. The van der Waals surface area contributed by atoms with Crippen molar-refractivity contribution in [2.75, 3.05) is 17.2 Å². The molecule has 0 atom stereocenters. The number of hydrogen-bond acceptors (Lipinski definition) is 3. The lowest BCUT2D eigenvalue weighted by atomic mass is 10.2. The van der Waals surface area contributed by atoms with Crippen LogP contribution in [0.1, 0.15) is 11.3 Å². The molecule has 1 aliphatic heterocycles. The first kappa shape index (κ1) is 11.7. The molecule has 2 heterocycles. The van der Waals surface area contributed by atoms with E-state index < -0.39 is 0 Å². The van der Waals surface area contributed by atoms with E-state index in [2.05, 4.69) is 11.1 Å². The minimum Gasteiger partial charge on any atom is -0.397 e. The number of nitrogens with two attached hydrogens (primary N) is 1. The van der Waals surface area contributed by atoms with Gasteiger partial charge in [-0.1, -0.05) is 18.2 Å². The van der Waals surface area contributed by atoms with Crippen molar-refractivity contribution < 1.29 is 4.79 Å². The molecule has 96 valence electrons. The van der Waals surface area contributed by atoms with Crippen LogP contribution >= 0.6 is 0 Å². The third-order valence-electron chi connectivity index (χ3n) is 3.37. The van der Waals surface area contributed by atoms with E-state index in [0.717, 1.165) is 24.3 Å². The molecule has 1 aromatic carbocycles. The van der Waals surface area contributed by atoms with Crippen molar-refractivity contribution in [3.05, 3.63) is 53.9 Å². The summed E-state index contributed by atoms with van der Waals surface area (Å²) in [6, 6.07) is 11.6. The number of carbonyl (C=O) groups excluding carboxylic acids is 1. The Morgan fingerprint density at radius 3 is 2.89 bits per heavy atom. The van der Waals surface area contributed by atoms with Crippen molar-refractivity contribution in [2.24, 2.45) is 0 Å². The molecule has 0 radical (unpaired) electrons. The fourth-order valence-electron chi connectivity index (χ4n) is 2.39. The van der Waals surface area contributed by atoms with E-state index in [0.29, 0.717) is 12.1 Å². The first-order valence-electron chi connectivity index (χ1n) is 6.33. The van der Waals surface area contributed by atoms with Crippen LogP contribution in [0, 0.1) is 0 Å². The maximum Gasteiger partial charge on any atom is 0.233 e. The normalized spacial score (nSPS) is 13.4. The van der Waals surface area contributed by atoms with Gasteiger partial charge in [0.05, 0.1) is 18.3 Å². The summed E-state index contributed by atoms with van der Waals surface area (Å²) in [7, 11) is 0. The minimum absolute atomic E-state index is 0.0854. The average molecular weight is 253 g/mol. The molecule has 0 bridgehead atoms. The van der Waals surface area contributed by atoms with E-state index in [1.807, 2.05) is 23.1 Å². The molecule has 1 amide bonds. The number of nitrogens with zero attached hydrogens (tertiary/aromatic N) is 2. The molecule has 1 aromatic heterocycles. The van der Waals surface area contributed by atoms with Crippen LogP contribution in [-0.2, 0) is 17.6 Å². The number of carbonyl (C=O) groups is 1. The Kier molecular flexibility index (Phi) is 2.91. The van der Waals surface area contributed by atoms with Crippen molar-refractivity contribution in [2.45, 2.75) is 12.8 Å². The van der Waals surface area contributed by atoms with Gasteiger partial charge < -0.3 is 10.6 Å². The summed E-state index contributed by atoms with van der Waals surface area (Å²) in [5, 5.41) is 0. The zero-order valence-corrected chi connectivity index (χ0v) is 10.5. The number of amides is 1. The Labute approximate surface area is 111 Å². The van der Waals surface area contributed by atoms with Crippen LogP contribution in [0.5, 0.6) is 0 Å². The lowest BCUT2D eigenvalue weighted by Gasteiger charge is -2.17. The third-order valence-corrected chi connectivity index (χ3v) is 3.37. The van der Waals surface area contributed by atoms with Gasteiger partial charge in [0.2, 0.25) is 5.91 Å². The summed E-state index contributed by atoms with van der Waals surface area (Å²) in [5.41, 5.74) is 9.22. The molecule has 3 rings (SSSR count). The lowest BCUT2D eigenvalue weighted by molar-refractivity contribution is -0.117. The van der Waals surface area contributed by atoms with Gasteiger partial charge in [-0.25, -0.2) is 0 Å². The SMILES string of the molecule is Nc1ccc(CC(=O)N2CCc3ccccc32)nc1. The van der Waals surface area contributed by atoms with E-state index in [1.54, 1.807) is 18.3 Å². The molecular weight excluding hydrogens is 238 g/mol. The highest BCUT2D eigenvalue weighted by molar-refractivity contribution is 5.96. The number of pyridine rings is 1. The number of hydrogen-bond donors (Lipinski definition) is 1. The van der Waals surface area contributed by atoms with Crippen molar-refractivity contribution in [3.8, 4) is 0 Å². The first-order valence-corrected chi connectivity index (χ1v) is 6.33. The van der Waals surface area contributed by atoms with E-state index in [9.17, 15) is 4.79 Å². The van der Waals surface area contributed by atoms with Crippen LogP contribution in [0.25, 0.3) is 0 Å². The van der Waals surface area contributed by atoms with Gasteiger partial charge in [0.25, 0.3) is 0 Å². The van der Waals surface area contributed by atoms with Crippen LogP contribution in [0.2, 0.25) is 0 Å². The molecule has 0 aliphatic carbocycles. The minimum atomic E-state index is 0.0854. The summed E-state index contributed by atoms with van der Waals surface area (Å²) in [5.74, 6) is 0.0854. The molecule has 4 nitrogen and oxygen atoms in total. The number of fused-ring (bicyclic) bond motifs is 1. The number of nitrogen functional groups attached to an aromatic ring is 1. The van der Waals surface area contributed by atoms with Crippen LogP contribution in [0.3, 0.4) is 0 Å². The van der Waals surface area contributed by atoms with Gasteiger partial charge in [-0.3, -0.25) is 9.78 Å². The molecule has 0 fully saturated rings. The Hall–Kier alpha value is -2.36. The molecule has 2 aromatic rings. The standard InChI is InChI=1S/C15H15N3O/c16-12-5-6-13(17-10-12)9-15(19)18-8-7-11-3-1-2-4-14(11)18/h1-6,10H,7-9,16H2. The molecule has 19 heavy (non-hydrogen) atoms. The first-order chi connectivity index (χ1) is 9.24. The Bertz CT molecular complexity index is 607. The average Bonchev–Trinajstić information content (AvgIpc) is 2.85. The maximum atomic E-state index is 12.3. The van der Waals surface area contributed by atoms with Crippen molar-refractivity contribution >= 4 is 17.3 Å². The van der Waals surface area contributed by atoms with Crippen molar-refractivity contribution in [1.29, 1.82) is 0 Å². The second kappa shape index (κ2) is 4.72. The molecule has 1 aliphatic rings. The second-order valence-electron chi connectivity index (χ2n) is 4.68. The summed E-state index contributed by atoms with van der Waals surface area (Å²) in [4.78, 5) is 18.3.